The quantitative estimate of drug-likeness (QED) is 0.776. The lowest BCUT2D eigenvalue weighted by atomic mass is 9.99. The third kappa shape index (κ3) is 3.98. The average molecular weight is 372 g/mol. The smallest absolute Gasteiger partial charge is 0.349 e. The molecule has 0 radical (unpaired) electrons. The molecule has 0 bridgehead atoms. The summed E-state index contributed by atoms with van der Waals surface area (Å²) in [6.07, 6.45) is 4.40. The molecule has 1 aromatic carbocycles. The lowest BCUT2D eigenvalue weighted by molar-refractivity contribution is -0.123. The molecule has 4 nitrogen and oxygen atoms in total. The highest BCUT2D eigenvalue weighted by atomic mass is 32.1. The highest BCUT2D eigenvalue weighted by molar-refractivity contribution is 7.14. The molecule has 1 unspecified atom stereocenters. The fourth-order valence-electron chi connectivity index (χ4n) is 3.29. The fraction of sp³-hybridized carbons (Fsp3) is 0.429. The van der Waals surface area contributed by atoms with E-state index < -0.39 is 12.1 Å². The van der Waals surface area contributed by atoms with E-state index in [2.05, 4.69) is 5.32 Å². The van der Waals surface area contributed by atoms with Gasteiger partial charge in [0.05, 0.1) is 0 Å². The minimum absolute atomic E-state index is 0.302. The number of carbonyl (C=O) groups excluding carboxylic acids is 2. The van der Waals surface area contributed by atoms with Gasteiger partial charge in [-0.15, -0.1) is 11.3 Å². The maximum absolute atomic E-state index is 12.5. The SMILES string of the molecule is CCc1cccc(C)c1NC(=O)C(C)OC(=O)c1cc2c(s1)CCCC2. The van der Waals surface area contributed by atoms with Crippen LogP contribution in [0, 0.1) is 6.92 Å². The van der Waals surface area contributed by atoms with Crippen molar-refractivity contribution in [1.29, 1.82) is 0 Å². The number of aryl methyl sites for hydroxylation is 4. The third-order valence-corrected chi connectivity index (χ3v) is 6.06. The molecule has 0 saturated carbocycles. The van der Waals surface area contributed by atoms with Gasteiger partial charge in [-0.1, -0.05) is 25.1 Å². The number of hydrogen-bond donors (Lipinski definition) is 1. The molecule has 5 heteroatoms. The van der Waals surface area contributed by atoms with E-state index in [4.69, 9.17) is 4.74 Å². The molecule has 1 amide bonds. The number of anilines is 1. The van der Waals surface area contributed by atoms with Crippen molar-refractivity contribution in [2.75, 3.05) is 5.32 Å². The lowest BCUT2D eigenvalue weighted by Crippen LogP contribution is -2.30. The number of para-hydroxylation sites is 1. The number of rotatable bonds is 5. The van der Waals surface area contributed by atoms with Crippen LogP contribution in [-0.4, -0.2) is 18.0 Å². The van der Waals surface area contributed by atoms with Gasteiger partial charge in [0.1, 0.15) is 4.88 Å². The Balaban J connectivity index is 1.66. The van der Waals surface area contributed by atoms with Crippen LogP contribution in [0.3, 0.4) is 0 Å². The predicted octanol–water partition coefficient (Wildman–Crippen LogP) is 4.68. The maximum Gasteiger partial charge on any atom is 0.349 e. The molecule has 1 N–H and O–H groups in total. The van der Waals surface area contributed by atoms with Crippen molar-refractivity contribution in [3.63, 3.8) is 0 Å². The molecular weight excluding hydrogens is 346 g/mol. The molecule has 26 heavy (non-hydrogen) atoms. The molecule has 1 aliphatic carbocycles. The van der Waals surface area contributed by atoms with Crippen molar-refractivity contribution in [3.05, 3.63) is 50.7 Å². The topological polar surface area (TPSA) is 55.4 Å². The molecule has 1 heterocycles. The molecule has 2 aromatic rings. The summed E-state index contributed by atoms with van der Waals surface area (Å²) in [5.41, 5.74) is 4.15. The Morgan fingerprint density at radius 2 is 2.04 bits per heavy atom. The van der Waals surface area contributed by atoms with Crippen molar-refractivity contribution in [2.45, 2.75) is 59.0 Å². The van der Waals surface area contributed by atoms with Crippen LogP contribution in [0.5, 0.6) is 0 Å². The van der Waals surface area contributed by atoms with E-state index in [0.717, 1.165) is 36.1 Å². The van der Waals surface area contributed by atoms with Gasteiger partial charge in [0.25, 0.3) is 5.91 Å². The van der Waals surface area contributed by atoms with Crippen LogP contribution in [0.15, 0.2) is 24.3 Å². The van der Waals surface area contributed by atoms with E-state index in [1.807, 2.05) is 38.1 Å². The minimum atomic E-state index is -0.842. The average Bonchev–Trinajstić information content (AvgIpc) is 3.07. The van der Waals surface area contributed by atoms with Gasteiger partial charge < -0.3 is 10.1 Å². The standard InChI is InChI=1S/C21H25NO3S/c1-4-15-10-7-8-13(2)19(15)22-20(23)14(3)25-21(24)18-12-16-9-5-6-11-17(16)26-18/h7-8,10,12,14H,4-6,9,11H2,1-3H3,(H,22,23). The van der Waals surface area contributed by atoms with E-state index in [1.165, 1.54) is 34.6 Å². The van der Waals surface area contributed by atoms with Crippen LogP contribution in [0.2, 0.25) is 0 Å². The molecule has 138 valence electrons. The molecule has 0 spiro atoms. The first kappa shape index (κ1) is 18.6. The Labute approximate surface area is 158 Å². The zero-order chi connectivity index (χ0) is 18.7. The van der Waals surface area contributed by atoms with E-state index >= 15 is 0 Å². The number of amides is 1. The van der Waals surface area contributed by atoms with Gasteiger partial charge in [-0.05, 0) is 68.7 Å². The van der Waals surface area contributed by atoms with Crippen LogP contribution < -0.4 is 5.32 Å². The minimum Gasteiger partial charge on any atom is -0.448 e. The predicted molar refractivity (Wildman–Crippen MR) is 105 cm³/mol. The Kier molecular flexibility index (Phi) is 5.77. The summed E-state index contributed by atoms with van der Waals surface area (Å²) < 4.78 is 5.42. The third-order valence-electron chi connectivity index (χ3n) is 4.84. The molecular formula is C21H25NO3S. The first-order valence-electron chi connectivity index (χ1n) is 9.21. The van der Waals surface area contributed by atoms with Gasteiger partial charge >= 0.3 is 5.97 Å². The number of carbonyl (C=O) groups is 2. The second kappa shape index (κ2) is 8.04. The Morgan fingerprint density at radius 3 is 2.77 bits per heavy atom. The van der Waals surface area contributed by atoms with Crippen LogP contribution >= 0.6 is 11.3 Å². The fourth-order valence-corrected chi connectivity index (χ4v) is 4.43. The largest absolute Gasteiger partial charge is 0.448 e. The summed E-state index contributed by atoms with van der Waals surface area (Å²) in [5, 5.41) is 2.92. The summed E-state index contributed by atoms with van der Waals surface area (Å²) >= 11 is 1.50. The van der Waals surface area contributed by atoms with Crippen LogP contribution in [0.25, 0.3) is 0 Å². The van der Waals surface area contributed by atoms with Crippen LogP contribution in [0.4, 0.5) is 5.69 Å². The summed E-state index contributed by atoms with van der Waals surface area (Å²) in [5.74, 6) is -0.712. The second-order valence-corrected chi connectivity index (χ2v) is 7.90. The first-order valence-corrected chi connectivity index (χ1v) is 10.0. The summed E-state index contributed by atoms with van der Waals surface area (Å²) in [6, 6.07) is 7.87. The second-order valence-electron chi connectivity index (χ2n) is 6.77. The molecule has 1 aliphatic rings. The Bertz CT molecular complexity index is 801. The number of nitrogens with one attached hydrogen (secondary N) is 1. The molecule has 3 rings (SSSR count). The van der Waals surface area contributed by atoms with Crippen molar-refractivity contribution in [2.24, 2.45) is 0 Å². The summed E-state index contributed by atoms with van der Waals surface area (Å²) in [4.78, 5) is 26.8. The van der Waals surface area contributed by atoms with Gasteiger partial charge in [0.2, 0.25) is 0 Å². The van der Waals surface area contributed by atoms with Gasteiger partial charge in [0, 0.05) is 10.6 Å². The highest BCUT2D eigenvalue weighted by Crippen LogP contribution is 2.30. The van der Waals surface area contributed by atoms with Crippen LogP contribution in [-0.2, 0) is 28.8 Å². The first-order chi connectivity index (χ1) is 12.5. The number of fused-ring (bicyclic) bond motifs is 1. The number of hydrogen-bond acceptors (Lipinski definition) is 4. The Hall–Kier alpha value is -2.14. The van der Waals surface area contributed by atoms with E-state index in [9.17, 15) is 9.59 Å². The zero-order valence-corrected chi connectivity index (χ0v) is 16.4. The molecule has 0 fully saturated rings. The number of esters is 1. The van der Waals surface area contributed by atoms with E-state index in [1.54, 1.807) is 6.92 Å². The van der Waals surface area contributed by atoms with Gasteiger partial charge in [-0.2, -0.15) is 0 Å². The van der Waals surface area contributed by atoms with Crippen molar-refractivity contribution < 1.29 is 14.3 Å². The Morgan fingerprint density at radius 1 is 1.27 bits per heavy atom. The van der Waals surface area contributed by atoms with Crippen LogP contribution in [0.1, 0.15) is 57.9 Å². The number of thiophene rings is 1. The van der Waals surface area contributed by atoms with Crippen molar-refractivity contribution in [1.82, 2.24) is 0 Å². The van der Waals surface area contributed by atoms with Gasteiger partial charge in [-0.3, -0.25) is 4.79 Å². The van der Waals surface area contributed by atoms with Crippen molar-refractivity contribution >= 4 is 28.9 Å². The van der Waals surface area contributed by atoms with Gasteiger partial charge in [0.15, 0.2) is 6.10 Å². The highest BCUT2D eigenvalue weighted by Gasteiger charge is 2.23. The molecule has 1 atom stereocenters. The van der Waals surface area contributed by atoms with E-state index in [-0.39, 0.29) is 5.91 Å². The molecule has 1 aromatic heterocycles. The summed E-state index contributed by atoms with van der Waals surface area (Å²) in [7, 11) is 0. The monoisotopic (exact) mass is 371 g/mol. The van der Waals surface area contributed by atoms with E-state index in [0.29, 0.717) is 4.88 Å². The normalized spacial score (nSPS) is 14.4. The molecule has 0 saturated heterocycles. The lowest BCUT2D eigenvalue weighted by Gasteiger charge is -2.16. The number of ether oxygens (including phenoxy) is 1. The number of benzene rings is 1. The molecule has 0 aliphatic heterocycles. The van der Waals surface area contributed by atoms with Gasteiger partial charge in [-0.25, -0.2) is 4.79 Å². The summed E-state index contributed by atoms with van der Waals surface area (Å²) in [6.45, 7) is 5.62. The zero-order valence-electron chi connectivity index (χ0n) is 15.6. The maximum atomic E-state index is 12.5. The van der Waals surface area contributed by atoms with Crippen molar-refractivity contribution in [3.8, 4) is 0 Å².